The van der Waals surface area contributed by atoms with Crippen LogP contribution in [0.4, 0.5) is 17.3 Å². The standard InChI is InChI=1S/C11H17N5O3/c12-15-11-6-9(16(17)18)5-10(14-11)13-3-1-8-2-4-19-7-8/h5-6,8H,1-4,7,12H2,(H2,13,14,15). The summed E-state index contributed by atoms with van der Waals surface area (Å²) >= 11 is 0. The van der Waals surface area contributed by atoms with Crippen molar-refractivity contribution in [2.45, 2.75) is 12.8 Å². The maximum atomic E-state index is 10.8. The second kappa shape index (κ2) is 6.30. The van der Waals surface area contributed by atoms with Crippen LogP contribution in [0.2, 0.25) is 0 Å². The van der Waals surface area contributed by atoms with E-state index in [1.165, 1.54) is 12.1 Å². The predicted octanol–water partition coefficient (Wildman–Crippen LogP) is 1.11. The molecule has 0 bridgehead atoms. The molecular weight excluding hydrogens is 250 g/mol. The van der Waals surface area contributed by atoms with Gasteiger partial charge in [0.15, 0.2) is 0 Å². The van der Waals surface area contributed by atoms with Crippen LogP contribution in [0, 0.1) is 16.0 Å². The Morgan fingerprint density at radius 3 is 2.95 bits per heavy atom. The van der Waals surface area contributed by atoms with Crippen LogP contribution in [0.3, 0.4) is 0 Å². The van der Waals surface area contributed by atoms with Gasteiger partial charge in [-0.25, -0.2) is 10.8 Å². The number of hydrazine groups is 1. The van der Waals surface area contributed by atoms with Crippen molar-refractivity contribution in [2.24, 2.45) is 11.8 Å². The van der Waals surface area contributed by atoms with Crippen molar-refractivity contribution in [1.82, 2.24) is 4.98 Å². The Labute approximate surface area is 110 Å². The van der Waals surface area contributed by atoms with Gasteiger partial charge < -0.3 is 15.5 Å². The molecule has 1 aliphatic rings. The maximum Gasteiger partial charge on any atom is 0.276 e. The van der Waals surface area contributed by atoms with Crippen molar-refractivity contribution >= 4 is 17.3 Å². The molecule has 2 rings (SSSR count). The van der Waals surface area contributed by atoms with Gasteiger partial charge in [-0.2, -0.15) is 0 Å². The molecule has 1 aromatic rings. The number of nitrogens with two attached hydrogens (primary N) is 1. The van der Waals surface area contributed by atoms with E-state index in [1.807, 2.05) is 0 Å². The molecule has 4 N–H and O–H groups in total. The van der Waals surface area contributed by atoms with Gasteiger partial charge in [0.2, 0.25) is 0 Å². The Hall–Kier alpha value is -1.93. The molecule has 1 unspecified atom stereocenters. The third-order valence-corrected chi connectivity index (χ3v) is 3.05. The van der Waals surface area contributed by atoms with Gasteiger partial charge in [-0.1, -0.05) is 0 Å². The van der Waals surface area contributed by atoms with Gasteiger partial charge in [0, 0.05) is 19.8 Å². The van der Waals surface area contributed by atoms with Crippen molar-refractivity contribution in [3.05, 3.63) is 22.2 Å². The SMILES string of the molecule is NNc1cc([N+](=O)[O-])cc(NCCC2CCOC2)n1. The summed E-state index contributed by atoms with van der Waals surface area (Å²) in [5.41, 5.74) is 2.27. The number of aromatic nitrogens is 1. The van der Waals surface area contributed by atoms with Gasteiger partial charge in [-0.05, 0) is 18.8 Å². The lowest BCUT2D eigenvalue weighted by molar-refractivity contribution is -0.384. The molecule has 1 atom stereocenters. The average Bonchev–Trinajstić information content (AvgIpc) is 2.91. The molecule has 1 saturated heterocycles. The molecule has 1 fully saturated rings. The van der Waals surface area contributed by atoms with E-state index in [-0.39, 0.29) is 11.5 Å². The average molecular weight is 267 g/mol. The molecule has 8 heteroatoms. The van der Waals surface area contributed by atoms with E-state index in [9.17, 15) is 10.1 Å². The smallest absolute Gasteiger partial charge is 0.276 e. The Morgan fingerprint density at radius 1 is 1.53 bits per heavy atom. The molecule has 1 aliphatic heterocycles. The van der Waals surface area contributed by atoms with Crippen molar-refractivity contribution in [2.75, 3.05) is 30.5 Å². The number of nitrogens with zero attached hydrogens (tertiary/aromatic N) is 2. The summed E-state index contributed by atoms with van der Waals surface area (Å²) < 4.78 is 5.29. The molecule has 0 saturated carbocycles. The molecular formula is C11H17N5O3. The predicted molar refractivity (Wildman–Crippen MR) is 70.7 cm³/mol. The minimum Gasteiger partial charge on any atom is -0.381 e. The largest absolute Gasteiger partial charge is 0.381 e. The van der Waals surface area contributed by atoms with Gasteiger partial charge in [-0.15, -0.1) is 0 Å². The topological polar surface area (TPSA) is 115 Å². The Bertz CT molecular complexity index is 448. The van der Waals surface area contributed by atoms with Crippen molar-refractivity contribution < 1.29 is 9.66 Å². The molecule has 8 nitrogen and oxygen atoms in total. The minimum absolute atomic E-state index is 0.0466. The van der Waals surface area contributed by atoms with E-state index in [0.29, 0.717) is 18.3 Å². The van der Waals surface area contributed by atoms with Crippen LogP contribution < -0.4 is 16.6 Å². The van der Waals surface area contributed by atoms with Crippen LogP contribution in [0.1, 0.15) is 12.8 Å². The zero-order valence-corrected chi connectivity index (χ0v) is 10.5. The first-order chi connectivity index (χ1) is 9.19. The van der Waals surface area contributed by atoms with Crippen LogP contribution in [-0.2, 0) is 4.74 Å². The molecule has 0 aliphatic carbocycles. The minimum atomic E-state index is -0.474. The van der Waals surface area contributed by atoms with Crippen LogP contribution in [0.15, 0.2) is 12.1 Å². The van der Waals surface area contributed by atoms with Crippen LogP contribution in [-0.4, -0.2) is 29.7 Å². The first-order valence-electron chi connectivity index (χ1n) is 6.13. The van der Waals surface area contributed by atoms with E-state index in [0.717, 1.165) is 26.1 Å². The number of pyridine rings is 1. The zero-order valence-electron chi connectivity index (χ0n) is 10.5. The number of nitrogen functional groups attached to an aromatic ring is 1. The summed E-state index contributed by atoms with van der Waals surface area (Å²) in [7, 11) is 0. The van der Waals surface area contributed by atoms with E-state index in [4.69, 9.17) is 10.6 Å². The molecule has 0 spiro atoms. The lowest BCUT2D eigenvalue weighted by Gasteiger charge is -2.10. The van der Waals surface area contributed by atoms with Crippen molar-refractivity contribution in [3.8, 4) is 0 Å². The number of nitrogens with one attached hydrogen (secondary N) is 2. The monoisotopic (exact) mass is 267 g/mol. The fraction of sp³-hybridized carbons (Fsp3) is 0.545. The van der Waals surface area contributed by atoms with Crippen molar-refractivity contribution in [1.29, 1.82) is 0 Å². The highest BCUT2D eigenvalue weighted by molar-refractivity contribution is 5.54. The summed E-state index contributed by atoms with van der Waals surface area (Å²) in [5.74, 6) is 6.50. The number of nitro groups is 1. The lowest BCUT2D eigenvalue weighted by Crippen LogP contribution is -2.13. The van der Waals surface area contributed by atoms with Crippen LogP contribution in [0.25, 0.3) is 0 Å². The quantitative estimate of drug-likeness (QED) is 0.401. The molecule has 0 aromatic carbocycles. The highest BCUT2D eigenvalue weighted by atomic mass is 16.6. The van der Waals surface area contributed by atoms with Gasteiger partial charge in [0.25, 0.3) is 5.69 Å². The maximum absolute atomic E-state index is 10.8. The highest BCUT2D eigenvalue weighted by Crippen LogP contribution is 2.21. The second-order valence-electron chi connectivity index (χ2n) is 4.44. The number of ether oxygens (including phenoxy) is 1. The molecule has 2 heterocycles. The summed E-state index contributed by atoms with van der Waals surface area (Å²) in [6.07, 6.45) is 2.02. The molecule has 104 valence electrons. The van der Waals surface area contributed by atoms with Gasteiger partial charge in [0.05, 0.1) is 17.1 Å². The van der Waals surface area contributed by atoms with Crippen molar-refractivity contribution in [3.63, 3.8) is 0 Å². The lowest BCUT2D eigenvalue weighted by atomic mass is 10.1. The van der Waals surface area contributed by atoms with Gasteiger partial charge in [-0.3, -0.25) is 10.1 Å². The molecule has 19 heavy (non-hydrogen) atoms. The Balaban J connectivity index is 1.94. The second-order valence-corrected chi connectivity index (χ2v) is 4.44. The van der Waals surface area contributed by atoms with E-state index in [1.54, 1.807) is 0 Å². The zero-order chi connectivity index (χ0) is 13.7. The first-order valence-corrected chi connectivity index (χ1v) is 6.13. The number of hydrogen-bond acceptors (Lipinski definition) is 7. The summed E-state index contributed by atoms with van der Waals surface area (Å²) in [5, 5.41) is 13.8. The summed E-state index contributed by atoms with van der Waals surface area (Å²) in [6, 6.07) is 2.68. The number of anilines is 2. The van der Waals surface area contributed by atoms with E-state index < -0.39 is 4.92 Å². The summed E-state index contributed by atoms with van der Waals surface area (Å²) in [6.45, 7) is 2.31. The van der Waals surface area contributed by atoms with Crippen LogP contribution >= 0.6 is 0 Å². The van der Waals surface area contributed by atoms with Gasteiger partial charge >= 0.3 is 0 Å². The third kappa shape index (κ3) is 3.76. The summed E-state index contributed by atoms with van der Waals surface area (Å²) in [4.78, 5) is 14.4. The normalized spacial score (nSPS) is 18.3. The van der Waals surface area contributed by atoms with E-state index >= 15 is 0 Å². The Kier molecular flexibility index (Phi) is 4.48. The molecule has 0 amide bonds. The molecule has 0 radical (unpaired) electrons. The van der Waals surface area contributed by atoms with Gasteiger partial charge in [0.1, 0.15) is 11.6 Å². The van der Waals surface area contributed by atoms with Crippen LogP contribution in [0.5, 0.6) is 0 Å². The fourth-order valence-corrected chi connectivity index (χ4v) is 2.00. The first kappa shape index (κ1) is 13.5. The highest BCUT2D eigenvalue weighted by Gasteiger charge is 2.15. The van der Waals surface area contributed by atoms with E-state index in [2.05, 4.69) is 15.7 Å². The number of rotatable bonds is 6. The Morgan fingerprint density at radius 2 is 2.32 bits per heavy atom. The fourth-order valence-electron chi connectivity index (χ4n) is 2.00. The third-order valence-electron chi connectivity index (χ3n) is 3.05. The number of hydrogen-bond donors (Lipinski definition) is 3. The molecule has 1 aromatic heterocycles.